The first-order valence-electron chi connectivity index (χ1n) is 8.62. The van der Waals surface area contributed by atoms with Crippen molar-refractivity contribution in [3.63, 3.8) is 0 Å². The zero-order chi connectivity index (χ0) is 18.3. The SMILES string of the molecule is Cc1nn(C)c2ncc(C(=O)NC(C)c3cccc4ccccc34)cc12. The maximum atomic E-state index is 12.7. The highest BCUT2D eigenvalue weighted by atomic mass is 16.1. The van der Waals surface area contributed by atoms with E-state index in [1.807, 2.05) is 45.2 Å². The molecule has 0 fully saturated rings. The fourth-order valence-electron chi connectivity index (χ4n) is 3.42. The number of pyridine rings is 1. The molecular weight excluding hydrogens is 324 g/mol. The van der Waals surface area contributed by atoms with E-state index in [9.17, 15) is 4.79 Å². The van der Waals surface area contributed by atoms with Gasteiger partial charge in [-0.05, 0) is 36.2 Å². The zero-order valence-electron chi connectivity index (χ0n) is 15.0. The lowest BCUT2D eigenvalue weighted by Crippen LogP contribution is -2.26. The number of rotatable bonds is 3. The minimum Gasteiger partial charge on any atom is -0.345 e. The standard InChI is InChI=1S/C21H20N4O/c1-13(17-10-6-8-15-7-4-5-9-18(15)17)23-21(26)16-11-19-14(2)24-25(3)20(19)22-12-16/h4-13H,1-3H3,(H,23,26). The van der Waals surface area contributed by atoms with Crippen LogP contribution in [0.4, 0.5) is 0 Å². The molecule has 0 saturated heterocycles. The molecule has 1 atom stereocenters. The van der Waals surface area contributed by atoms with E-state index in [0.717, 1.165) is 27.7 Å². The van der Waals surface area contributed by atoms with E-state index in [1.165, 1.54) is 5.39 Å². The van der Waals surface area contributed by atoms with Gasteiger partial charge in [0.2, 0.25) is 0 Å². The zero-order valence-corrected chi connectivity index (χ0v) is 15.0. The molecule has 4 rings (SSSR count). The lowest BCUT2D eigenvalue weighted by atomic mass is 9.99. The second-order valence-corrected chi connectivity index (χ2v) is 6.57. The molecule has 1 unspecified atom stereocenters. The average molecular weight is 344 g/mol. The van der Waals surface area contributed by atoms with E-state index >= 15 is 0 Å². The van der Waals surface area contributed by atoms with E-state index < -0.39 is 0 Å². The smallest absolute Gasteiger partial charge is 0.253 e. The predicted molar refractivity (Wildman–Crippen MR) is 103 cm³/mol. The molecule has 130 valence electrons. The van der Waals surface area contributed by atoms with Gasteiger partial charge >= 0.3 is 0 Å². The van der Waals surface area contributed by atoms with Crippen LogP contribution >= 0.6 is 0 Å². The first kappa shape index (κ1) is 16.3. The lowest BCUT2D eigenvalue weighted by molar-refractivity contribution is 0.0940. The molecule has 0 bridgehead atoms. The Morgan fingerprint density at radius 3 is 2.73 bits per heavy atom. The third-order valence-corrected chi connectivity index (χ3v) is 4.76. The third-order valence-electron chi connectivity index (χ3n) is 4.76. The maximum Gasteiger partial charge on any atom is 0.253 e. The van der Waals surface area contributed by atoms with Crippen LogP contribution in [0.5, 0.6) is 0 Å². The van der Waals surface area contributed by atoms with Gasteiger partial charge in [-0.25, -0.2) is 4.98 Å². The number of nitrogens with zero attached hydrogens (tertiary/aromatic N) is 3. The van der Waals surface area contributed by atoms with Gasteiger partial charge in [0.25, 0.3) is 5.91 Å². The van der Waals surface area contributed by atoms with Crippen molar-refractivity contribution in [2.45, 2.75) is 19.9 Å². The predicted octanol–water partition coefficient (Wildman–Crippen LogP) is 3.92. The first-order valence-corrected chi connectivity index (χ1v) is 8.62. The van der Waals surface area contributed by atoms with Gasteiger partial charge in [-0.2, -0.15) is 5.10 Å². The highest BCUT2D eigenvalue weighted by Gasteiger charge is 2.16. The van der Waals surface area contributed by atoms with Crippen LogP contribution in [0, 0.1) is 6.92 Å². The minimum absolute atomic E-state index is 0.112. The van der Waals surface area contributed by atoms with E-state index in [-0.39, 0.29) is 11.9 Å². The van der Waals surface area contributed by atoms with Gasteiger partial charge in [-0.15, -0.1) is 0 Å². The molecule has 26 heavy (non-hydrogen) atoms. The van der Waals surface area contributed by atoms with Gasteiger partial charge in [0.15, 0.2) is 5.65 Å². The van der Waals surface area contributed by atoms with Gasteiger partial charge in [-0.3, -0.25) is 9.48 Å². The van der Waals surface area contributed by atoms with Crippen molar-refractivity contribution in [2.75, 3.05) is 0 Å². The second-order valence-electron chi connectivity index (χ2n) is 6.57. The molecule has 1 amide bonds. The molecule has 5 nitrogen and oxygen atoms in total. The molecule has 2 heterocycles. The van der Waals surface area contributed by atoms with Crippen molar-refractivity contribution < 1.29 is 4.79 Å². The van der Waals surface area contributed by atoms with E-state index in [1.54, 1.807) is 10.9 Å². The summed E-state index contributed by atoms with van der Waals surface area (Å²) >= 11 is 0. The van der Waals surface area contributed by atoms with Crippen LogP contribution in [0.2, 0.25) is 0 Å². The van der Waals surface area contributed by atoms with Crippen LogP contribution in [0.15, 0.2) is 54.7 Å². The van der Waals surface area contributed by atoms with Gasteiger partial charge in [0.1, 0.15) is 0 Å². The summed E-state index contributed by atoms with van der Waals surface area (Å²) in [5, 5.41) is 10.7. The largest absolute Gasteiger partial charge is 0.345 e. The number of amides is 1. The number of hydrogen-bond donors (Lipinski definition) is 1. The first-order chi connectivity index (χ1) is 12.5. The number of carbonyl (C=O) groups excluding carboxylic acids is 1. The second kappa shape index (κ2) is 6.26. The highest BCUT2D eigenvalue weighted by molar-refractivity contribution is 5.98. The van der Waals surface area contributed by atoms with Gasteiger partial charge in [0.05, 0.1) is 17.3 Å². The number of nitrogens with one attached hydrogen (secondary N) is 1. The van der Waals surface area contributed by atoms with Crippen LogP contribution in [-0.4, -0.2) is 20.7 Å². The Hall–Kier alpha value is -3.21. The quantitative estimate of drug-likeness (QED) is 0.613. The molecule has 1 N–H and O–H groups in total. The van der Waals surface area contributed by atoms with Crippen molar-refractivity contribution in [3.8, 4) is 0 Å². The van der Waals surface area contributed by atoms with Gasteiger partial charge in [-0.1, -0.05) is 42.5 Å². The molecule has 0 radical (unpaired) electrons. The van der Waals surface area contributed by atoms with Gasteiger partial charge in [0, 0.05) is 18.6 Å². The van der Waals surface area contributed by atoms with Crippen molar-refractivity contribution in [1.29, 1.82) is 0 Å². The summed E-state index contributed by atoms with van der Waals surface area (Å²) < 4.78 is 1.73. The molecule has 2 aromatic carbocycles. The number of aryl methyl sites for hydroxylation is 2. The Morgan fingerprint density at radius 1 is 1.12 bits per heavy atom. The Bertz CT molecular complexity index is 1120. The van der Waals surface area contributed by atoms with Crippen LogP contribution < -0.4 is 5.32 Å². The van der Waals surface area contributed by atoms with Gasteiger partial charge < -0.3 is 5.32 Å². The summed E-state index contributed by atoms with van der Waals surface area (Å²) in [5.74, 6) is -0.136. The Kier molecular flexibility index (Phi) is 3.92. The van der Waals surface area contributed by atoms with Crippen LogP contribution in [-0.2, 0) is 7.05 Å². The highest BCUT2D eigenvalue weighted by Crippen LogP contribution is 2.24. The average Bonchev–Trinajstić information content (AvgIpc) is 2.94. The fraction of sp³-hybridized carbons (Fsp3) is 0.190. The van der Waals surface area contributed by atoms with Crippen molar-refractivity contribution in [2.24, 2.45) is 7.05 Å². The third kappa shape index (κ3) is 2.71. The number of fused-ring (bicyclic) bond motifs is 2. The fourth-order valence-corrected chi connectivity index (χ4v) is 3.42. The van der Waals surface area contributed by atoms with E-state index in [0.29, 0.717) is 5.56 Å². The summed E-state index contributed by atoms with van der Waals surface area (Å²) in [6, 6.07) is 16.1. The normalized spacial score (nSPS) is 12.4. The molecular formula is C21H20N4O. The molecule has 0 spiro atoms. The summed E-state index contributed by atoms with van der Waals surface area (Å²) in [4.78, 5) is 17.1. The van der Waals surface area contributed by atoms with Crippen LogP contribution in [0.3, 0.4) is 0 Å². The molecule has 2 aromatic heterocycles. The topological polar surface area (TPSA) is 59.8 Å². The van der Waals surface area contributed by atoms with E-state index in [4.69, 9.17) is 0 Å². The number of hydrogen-bond acceptors (Lipinski definition) is 3. The molecule has 0 saturated carbocycles. The van der Waals surface area contributed by atoms with Crippen molar-refractivity contribution >= 4 is 27.7 Å². The van der Waals surface area contributed by atoms with Crippen LogP contribution in [0.25, 0.3) is 21.8 Å². The van der Waals surface area contributed by atoms with Crippen LogP contribution in [0.1, 0.15) is 34.6 Å². The molecule has 4 aromatic rings. The lowest BCUT2D eigenvalue weighted by Gasteiger charge is -2.16. The summed E-state index contributed by atoms with van der Waals surface area (Å²) in [6.07, 6.45) is 1.61. The summed E-state index contributed by atoms with van der Waals surface area (Å²) in [6.45, 7) is 3.92. The Labute approximate surface area is 151 Å². The molecule has 0 aliphatic carbocycles. The number of carbonyl (C=O) groups is 1. The number of aromatic nitrogens is 3. The van der Waals surface area contributed by atoms with Crippen molar-refractivity contribution in [3.05, 3.63) is 71.5 Å². The molecule has 0 aliphatic heterocycles. The summed E-state index contributed by atoms with van der Waals surface area (Å²) in [7, 11) is 1.85. The summed E-state index contributed by atoms with van der Waals surface area (Å²) in [5.41, 5.74) is 3.29. The van der Waals surface area contributed by atoms with Crippen molar-refractivity contribution in [1.82, 2.24) is 20.1 Å². The number of benzene rings is 2. The minimum atomic E-state index is -0.136. The molecule has 5 heteroatoms. The van der Waals surface area contributed by atoms with E-state index in [2.05, 4.69) is 39.7 Å². The monoisotopic (exact) mass is 344 g/mol. The molecule has 0 aliphatic rings. The Balaban J connectivity index is 1.64. The maximum absolute atomic E-state index is 12.7. The Morgan fingerprint density at radius 2 is 1.88 bits per heavy atom.